The Morgan fingerprint density at radius 2 is 1.82 bits per heavy atom. The summed E-state index contributed by atoms with van der Waals surface area (Å²) in [7, 11) is 0. The van der Waals surface area contributed by atoms with Crippen LogP contribution in [0, 0.1) is 5.82 Å². The number of halogens is 1. The number of hydrogen-bond donors (Lipinski definition) is 1. The first-order chi connectivity index (χ1) is 8.10. The van der Waals surface area contributed by atoms with Gasteiger partial charge in [0.25, 0.3) is 0 Å². The highest BCUT2D eigenvalue weighted by Crippen LogP contribution is 2.29. The fourth-order valence-corrected chi connectivity index (χ4v) is 2.14. The van der Waals surface area contributed by atoms with Gasteiger partial charge in [-0.1, -0.05) is 19.9 Å². The molecular formula is C14H22FNO. The topological polar surface area (TPSA) is 23.5 Å². The molecule has 1 aromatic carbocycles. The molecule has 0 heterocycles. The molecule has 17 heavy (non-hydrogen) atoms. The molecule has 96 valence electrons. The molecule has 1 aromatic rings. The Morgan fingerprint density at radius 1 is 1.24 bits per heavy atom. The monoisotopic (exact) mass is 239 g/mol. The Kier molecular flexibility index (Phi) is 5.42. The summed E-state index contributed by atoms with van der Waals surface area (Å²) in [4.78, 5) is 2.31. The summed E-state index contributed by atoms with van der Waals surface area (Å²) >= 11 is 0. The van der Waals surface area contributed by atoms with Gasteiger partial charge in [0.05, 0.1) is 0 Å². The maximum Gasteiger partial charge on any atom is 0.126 e. The first-order valence-electron chi connectivity index (χ1n) is 6.32. The van der Waals surface area contributed by atoms with Crippen molar-refractivity contribution in [3.8, 4) is 5.75 Å². The lowest BCUT2D eigenvalue weighted by Gasteiger charge is -2.29. The zero-order valence-electron chi connectivity index (χ0n) is 10.9. The van der Waals surface area contributed by atoms with E-state index in [1.165, 1.54) is 12.1 Å². The predicted octanol–water partition coefficient (Wildman–Crippen LogP) is 3.71. The summed E-state index contributed by atoms with van der Waals surface area (Å²) in [5, 5.41) is 9.78. The third kappa shape index (κ3) is 3.70. The third-order valence-electron chi connectivity index (χ3n) is 3.01. The largest absolute Gasteiger partial charge is 0.508 e. The van der Waals surface area contributed by atoms with Gasteiger partial charge in [-0.3, -0.25) is 4.90 Å². The van der Waals surface area contributed by atoms with E-state index in [0.717, 1.165) is 31.5 Å². The van der Waals surface area contributed by atoms with Crippen molar-refractivity contribution in [2.75, 3.05) is 13.1 Å². The molecular weight excluding hydrogens is 217 g/mol. The number of aromatic hydroxyl groups is 1. The molecule has 0 amide bonds. The van der Waals surface area contributed by atoms with Gasteiger partial charge >= 0.3 is 0 Å². The van der Waals surface area contributed by atoms with Crippen molar-refractivity contribution >= 4 is 0 Å². The molecule has 0 aromatic heterocycles. The molecule has 1 N–H and O–H groups in total. The highest BCUT2D eigenvalue weighted by atomic mass is 19.1. The van der Waals surface area contributed by atoms with E-state index < -0.39 is 5.82 Å². The van der Waals surface area contributed by atoms with Gasteiger partial charge in [-0.15, -0.1) is 0 Å². The Balaban J connectivity index is 2.88. The van der Waals surface area contributed by atoms with Crippen LogP contribution in [-0.4, -0.2) is 23.1 Å². The van der Waals surface area contributed by atoms with Crippen LogP contribution in [0.5, 0.6) is 5.75 Å². The van der Waals surface area contributed by atoms with Crippen molar-refractivity contribution in [2.24, 2.45) is 0 Å². The van der Waals surface area contributed by atoms with E-state index in [1.807, 2.05) is 0 Å². The summed E-state index contributed by atoms with van der Waals surface area (Å²) in [6.45, 7) is 8.32. The van der Waals surface area contributed by atoms with Crippen LogP contribution in [-0.2, 0) is 0 Å². The Hall–Kier alpha value is -1.09. The molecule has 1 unspecified atom stereocenters. The first-order valence-corrected chi connectivity index (χ1v) is 6.32. The van der Waals surface area contributed by atoms with Crippen molar-refractivity contribution in [3.63, 3.8) is 0 Å². The molecule has 0 aliphatic heterocycles. The van der Waals surface area contributed by atoms with E-state index in [-0.39, 0.29) is 11.8 Å². The molecule has 1 rings (SSSR count). The van der Waals surface area contributed by atoms with Gasteiger partial charge < -0.3 is 5.11 Å². The van der Waals surface area contributed by atoms with Crippen LogP contribution in [0.4, 0.5) is 4.39 Å². The van der Waals surface area contributed by atoms with E-state index in [2.05, 4.69) is 25.7 Å². The van der Waals surface area contributed by atoms with Crippen LogP contribution in [0.3, 0.4) is 0 Å². The minimum absolute atomic E-state index is 0.0507. The quantitative estimate of drug-likeness (QED) is 0.818. The van der Waals surface area contributed by atoms with Crippen molar-refractivity contribution < 1.29 is 9.50 Å². The fourth-order valence-electron chi connectivity index (χ4n) is 2.14. The molecule has 0 aliphatic rings. The standard InChI is InChI=1S/C14H22FNO/c1-4-8-16(9-5-2)11(3)13-7-6-12(15)10-14(13)17/h6-7,10-11,17H,4-5,8-9H2,1-3H3. The van der Waals surface area contributed by atoms with Crippen molar-refractivity contribution in [2.45, 2.75) is 39.7 Å². The van der Waals surface area contributed by atoms with Gasteiger partial charge in [-0.25, -0.2) is 4.39 Å². The smallest absolute Gasteiger partial charge is 0.126 e. The molecule has 0 saturated carbocycles. The van der Waals surface area contributed by atoms with Crippen LogP contribution in [0.1, 0.15) is 45.2 Å². The summed E-state index contributed by atoms with van der Waals surface area (Å²) in [5.74, 6) is -0.342. The number of nitrogens with zero attached hydrogens (tertiary/aromatic N) is 1. The average molecular weight is 239 g/mol. The highest BCUT2D eigenvalue weighted by molar-refractivity contribution is 5.34. The molecule has 3 heteroatoms. The van der Waals surface area contributed by atoms with Gasteiger partial charge in [0.15, 0.2) is 0 Å². The van der Waals surface area contributed by atoms with Gasteiger partial charge in [-0.05, 0) is 38.9 Å². The molecule has 0 bridgehead atoms. The van der Waals surface area contributed by atoms with Crippen molar-refractivity contribution in [3.05, 3.63) is 29.6 Å². The lowest BCUT2D eigenvalue weighted by molar-refractivity contribution is 0.207. The minimum atomic E-state index is -0.393. The van der Waals surface area contributed by atoms with Crippen LogP contribution >= 0.6 is 0 Å². The second-order valence-electron chi connectivity index (χ2n) is 4.42. The second kappa shape index (κ2) is 6.60. The zero-order valence-corrected chi connectivity index (χ0v) is 10.9. The highest BCUT2D eigenvalue weighted by Gasteiger charge is 2.17. The molecule has 0 radical (unpaired) electrons. The maximum atomic E-state index is 12.9. The summed E-state index contributed by atoms with van der Waals surface area (Å²) in [6.07, 6.45) is 2.15. The fraction of sp³-hybridized carbons (Fsp3) is 0.571. The van der Waals surface area contributed by atoms with E-state index in [9.17, 15) is 9.50 Å². The Bertz CT molecular complexity index is 348. The second-order valence-corrected chi connectivity index (χ2v) is 4.42. The number of rotatable bonds is 6. The van der Waals surface area contributed by atoms with Gasteiger partial charge in [-0.2, -0.15) is 0 Å². The molecule has 0 saturated heterocycles. The number of benzene rings is 1. The summed E-state index contributed by atoms with van der Waals surface area (Å²) < 4.78 is 12.9. The van der Waals surface area contributed by atoms with E-state index in [0.29, 0.717) is 0 Å². The van der Waals surface area contributed by atoms with Crippen molar-refractivity contribution in [1.82, 2.24) is 4.90 Å². The number of phenolic OH excluding ortho intramolecular Hbond substituents is 1. The molecule has 0 fully saturated rings. The number of phenols is 1. The normalized spacial score (nSPS) is 13.0. The third-order valence-corrected chi connectivity index (χ3v) is 3.01. The number of hydrogen-bond acceptors (Lipinski definition) is 2. The van der Waals surface area contributed by atoms with Crippen LogP contribution < -0.4 is 0 Å². The lowest BCUT2D eigenvalue weighted by atomic mass is 10.0. The minimum Gasteiger partial charge on any atom is -0.508 e. The predicted molar refractivity (Wildman–Crippen MR) is 68.6 cm³/mol. The maximum absolute atomic E-state index is 12.9. The first kappa shape index (κ1) is 14.0. The lowest BCUT2D eigenvalue weighted by Crippen LogP contribution is -2.28. The Morgan fingerprint density at radius 3 is 2.29 bits per heavy atom. The average Bonchev–Trinajstić information content (AvgIpc) is 2.28. The Labute approximate surface area is 103 Å². The van der Waals surface area contributed by atoms with E-state index >= 15 is 0 Å². The zero-order chi connectivity index (χ0) is 12.8. The summed E-state index contributed by atoms with van der Waals surface area (Å²) in [5.41, 5.74) is 0.799. The molecule has 1 atom stereocenters. The van der Waals surface area contributed by atoms with Gasteiger partial charge in [0.1, 0.15) is 11.6 Å². The SMILES string of the molecule is CCCN(CCC)C(C)c1ccc(F)cc1O. The van der Waals surface area contributed by atoms with Gasteiger partial charge in [0.2, 0.25) is 0 Å². The summed E-state index contributed by atoms with van der Waals surface area (Å²) in [6, 6.07) is 4.38. The van der Waals surface area contributed by atoms with Crippen molar-refractivity contribution in [1.29, 1.82) is 0 Å². The molecule has 2 nitrogen and oxygen atoms in total. The van der Waals surface area contributed by atoms with Crippen LogP contribution in [0.25, 0.3) is 0 Å². The molecule has 0 spiro atoms. The van der Waals surface area contributed by atoms with Gasteiger partial charge in [0, 0.05) is 17.7 Å². The van der Waals surface area contributed by atoms with Crippen LogP contribution in [0.2, 0.25) is 0 Å². The van der Waals surface area contributed by atoms with E-state index in [1.54, 1.807) is 6.07 Å². The van der Waals surface area contributed by atoms with E-state index in [4.69, 9.17) is 0 Å². The van der Waals surface area contributed by atoms with Crippen LogP contribution in [0.15, 0.2) is 18.2 Å². The molecule has 0 aliphatic carbocycles.